The highest BCUT2D eigenvalue weighted by Gasteiger charge is 2.32. The number of aliphatic hydroxyl groups excluding tert-OH is 1. The van der Waals surface area contributed by atoms with Crippen LogP contribution in [0.5, 0.6) is 0 Å². The molecule has 1 saturated heterocycles. The number of hydrogen-bond donors (Lipinski definition) is 2. The summed E-state index contributed by atoms with van der Waals surface area (Å²) in [5.41, 5.74) is -0.356. The van der Waals surface area contributed by atoms with E-state index in [-0.39, 0.29) is 29.9 Å². The fraction of sp³-hybridized carbons (Fsp3) is 0.933. The molecule has 2 unspecified atom stereocenters. The van der Waals surface area contributed by atoms with E-state index in [2.05, 4.69) is 5.32 Å². The first-order valence-electron chi connectivity index (χ1n) is 7.36. The van der Waals surface area contributed by atoms with E-state index in [0.717, 1.165) is 32.5 Å². The summed E-state index contributed by atoms with van der Waals surface area (Å²) in [6, 6.07) is 0.00599. The summed E-state index contributed by atoms with van der Waals surface area (Å²) >= 11 is 0. The van der Waals surface area contributed by atoms with Crippen molar-refractivity contribution in [3.63, 3.8) is 0 Å². The molecule has 112 valence electrons. The third kappa shape index (κ3) is 5.11. The lowest BCUT2D eigenvalue weighted by molar-refractivity contribution is -0.131. The van der Waals surface area contributed by atoms with Crippen LogP contribution < -0.4 is 5.32 Å². The average molecular weight is 271 g/mol. The highest BCUT2D eigenvalue weighted by atomic mass is 16.5. The first-order chi connectivity index (χ1) is 8.86. The Morgan fingerprint density at radius 1 is 1.37 bits per heavy atom. The summed E-state index contributed by atoms with van der Waals surface area (Å²) in [6.07, 6.45) is 3.01. The molecule has 4 nitrogen and oxygen atoms in total. The predicted octanol–water partition coefficient (Wildman–Crippen LogP) is 1.96. The van der Waals surface area contributed by atoms with Gasteiger partial charge in [-0.05, 0) is 38.0 Å². The fourth-order valence-electron chi connectivity index (χ4n) is 2.47. The largest absolute Gasteiger partial charge is 0.396 e. The minimum Gasteiger partial charge on any atom is -0.396 e. The number of rotatable bonds is 6. The number of carbonyl (C=O) groups excluding carboxylic acids is 1. The van der Waals surface area contributed by atoms with Crippen LogP contribution in [0.25, 0.3) is 0 Å². The second kappa shape index (κ2) is 7.25. The summed E-state index contributed by atoms with van der Waals surface area (Å²) in [4.78, 5) is 12.3. The maximum absolute atomic E-state index is 12.3. The van der Waals surface area contributed by atoms with Crippen molar-refractivity contribution in [1.82, 2.24) is 5.32 Å². The van der Waals surface area contributed by atoms with Gasteiger partial charge in [-0.1, -0.05) is 20.8 Å². The molecule has 0 aromatic rings. The first-order valence-corrected chi connectivity index (χ1v) is 7.36. The van der Waals surface area contributed by atoms with Crippen LogP contribution in [-0.2, 0) is 9.53 Å². The Bertz CT molecular complexity index is 285. The van der Waals surface area contributed by atoms with Crippen molar-refractivity contribution in [3.8, 4) is 0 Å². The molecule has 0 aromatic heterocycles. The normalized spacial score (nSPS) is 20.9. The van der Waals surface area contributed by atoms with E-state index in [4.69, 9.17) is 9.84 Å². The van der Waals surface area contributed by atoms with Crippen molar-refractivity contribution in [1.29, 1.82) is 0 Å². The number of amides is 1. The Morgan fingerprint density at radius 2 is 1.95 bits per heavy atom. The van der Waals surface area contributed by atoms with E-state index in [0.29, 0.717) is 5.92 Å². The maximum Gasteiger partial charge on any atom is 0.225 e. The van der Waals surface area contributed by atoms with E-state index in [9.17, 15) is 4.79 Å². The molecule has 0 bridgehead atoms. The first kappa shape index (κ1) is 16.4. The zero-order chi connectivity index (χ0) is 14.5. The lowest BCUT2D eigenvalue weighted by Gasteiger charge is -2.32. The van der Waals surface area contributed by atoms with Crippen LogP contribution in [0.4, 0.5) is 0 Å². The standard InChI is InChI=1S/C15H29NO3/c1-11(10-17)12(2)16-14(18)15(3,4)9-13-5-7-19-8-6-13/h11-13,17H,5-10H2,1-4H3,(H,16,18). The average Bonchev–Trinajstić information content (AvgIpc) is 2.38. The summed E-state index contributed by atoms with van der Waals surface area (Å²) < 4.78 is 5.36. The number of aliphatic hydroxyl groups is 1. The summed E-state index contributed by atoms with van der Waals surface area (Å²) in [6.45, 7) is 9.64. The van der Waals surface area contributed by atoms with Crippen molar-refractivity contribution in [3.05, 3.63) is 0 Å². The minimum atomic E-state index is -0.356. The molecule has 1 rings (SSSR count). The van der Waals surface area contributed by atoms with Crippen molar-refractivity contribution < 1.29 is 14.6 Å². The smallest absolute Gasteiger partial charge is 0.225 e. The van der Waals surface area contributed by atoms with Crippen LogP contribution in [0.3, 0.4) is 0 Å². The van der Waals surface area contributed by atoms with E-state index >= 15 is 0 Å². The van der Waals surface area contributed by atoms with Crippen molar-refractivity contribution in [2.24, 2.45) is 17.3 Å². The van der Waals surface area contributed by atoms with E-state index in [1.54, 1.807) is 0 Å². The quantitative estimate of drug-likeness (QED) is 0.776. The van der Waals surface area contributed by atoms with Crippen LogP contribution in [0.1, 0.15) is 47.0 Å². The van der Waals surface area contributed by atoms with Gasteiger partial charge in [0.1, 0.15) is 0 Å². The van der Waals surface area contributed by atoms with Crippen molar-refractivity contribution >= 4 is 5.91 Å². The number of nitrogens with one attached hydrogen (secondary N) is 1. The Balaban J connectivity index is 2.48. The van der Waals surface area contributed by atoms with Gasteiger partial charge in [0, 0.05) is 31.3 Å². The highest BCUT2D eigenvalue weighted by Crippen LogP contribution is 2.31. The molecule has 0 radical (unpaired) electrons. The summed E-state index contributed by atoms with van der Waals surface area (Å²) in [5, 5.41) is 12.1. The predicted molar refractivity (Wildman–Crippen MR) is 75.8 cm³/mol. The van der Waals surface area contributed by atoms with E-state index in [1.165, 1.54) is 0 Å². The molecule has 2 atom stereocenters. The van der Waals surface area contributed by atoms with Gasteiger partial charge in [-0.25, -0.2) is 0 Å². The number of hydrogen-bond acceptors (Lipinski definition) is 3. The van der Waals surface area contributed by atoms with Crippen molar-refractivity contribution in [2.75, 3.05) is 19.8 Å². The molecule has 0 saturated carbocycles. The van der Waals surface area contributed by atoms with E-state index in [1.807, 2.05) is 27.7 Å². The second-order valence-corrected chi connectivity index (χ2v) is 6.57. The third-order valence-electron chi connectivity index (χ3n) is 4.25. The Kier molecular flexibility index (Phi) is 6.27. The minimum absolute atomic E-state index is 0.00599. The molecular formula is C15H29NO3. The maximum atomic E-state index is 12.3. The molecule has 0 aromatic carbocycles. The zero-order valence-corrected chi connectivity index (χ0v) is 12.7. The summed E-state index contributed by atoms with van der Waals surface area (Å²) in [7, 11) is 0. The zero-order valence-electron chi connectivity index (χ0n) is 12.7. The molecule has 0 aliphatic carbocycles. The van der Waals surface area contributed by atoms with Gasteiger partial charge < -0.3 is 15.2 Å². The van der Waals surface area contributed by atoms with Gasteiger partial charge >= 0.3 is 0 Å². The van der Waals surface area contributed by atoms with Gasteiger partial charge in [-0.3, -0.25) is 4.79 Å². The highest BCUT2D eigenvalue weighted by molar-refractivity contribution is 5.82. The molecule has 1 amide bonds. The lowest BCUT2D eigenvalue weighted by atomic mass is 9.79. The Labute approximate surface area is 116 Å². The van der Waals surface area contributed by atoms with Crippen LogP contribution in [0.2, 0.25) is 0 Å². The van der Waals surface area contributed by atoms with Crippen LogP contribution in [0, 0.1) is 17.3 Å². The SMILES string of the molecule is CC(CO)C(C)NC(=O)C(C)(C)CC1CCOCC1. The van der Waals surface area contributed by atoms with Crippen LogP contribution in [-0.4, -0.2) is 36.9 Å². The molecule has 0 spiro atoms. The van der Waals surface area contributed by atoms with Crippen LogP contribution >= 0.6 is 0 Å². The monoisotopic (exact) mass is 271 g/mol. The van der Waals surface area contributed by atoms with Gasteiger partial charge in [0.15, 0.2) is 0 Å². The molecule has 1 heterocycles. The lowest BCUT2D eigenvalue weighted by Crippen LogP contribution is -2.45. The van der Waals surface area contributed by atoms with Gasteiger partial charge in [-0.15, -0.1) is 0 Å². The molecule has 1 fully saturated rings. The molecule has 2 N–H and O–H groups in total. The Morgan fingerprint density at radius 3 is 2.47 bits per heavy atom. The Hall–Kier alpha value is -0.610. The molecule has 4 heteroatoms. The molecule has 1 aliphatic rings. The number of carbonyl (C=O) groups is 1. The molecule has 19 heavy (non-hydrogen) atoms. The fourth-order valence-corrected chi connectivity index (χ4v) is 2.47. The summed E-state index contributed by atoms with van der Waals surface area (Å²) in [5.74, 6) is 0.759. The van der Waals surface area contributed by atoms with Gasteiger partial charge in [0.05, 0.1) is 0 Å². The number of ether oxygens (including phenoxy) is 1. The second-order valence-electron chi connectivity index (χ2n) is 6.57. The molecular weight excluding hydrogens is 242 g/mol. The topological polar surface area (TPSA) is 58.6 Å². The van der Waals surface area contributed by atoms with Crippen molar-refractivity contribution in [2.45, 2.75) is 53.0 Å². The van der Waals surface area contributed by atoms with Gasteiger partial charge in [-0.2, -0.15) is 0 Å². The third-order valence-corrected chi connectivity index (χ3v) is 4.25. The van der Waals surface area contributed by atoms with Gasteiger partial charge in [0.25, 0.3) is 0 Å². The molecule has 1 aliphatic heterocycles. The van der Waals surface area contributed by atoms with Gasteiger partial charge in [0.2, 0.25) is 5.91 Å². The van der Waals surface area contributed by atoms with E-state index < -0.39 is 0 Å². The van der Waals surface area contributed by atoms with Crippen LogP contribution in [0.15, 0.2) is 0 Å².